The Morgan fingerprint density at radius 1 is 1.03 bits per heavy atom. The van der Waals surface area contributed by atoms with Gasteiger partial charge in [-0.2, -0.15) is 0 Å². The van der Waals surface area contributed by atoms with E-state index >= 15 is 0 Å². The van der Waals surface area contributed by atoms with Crippen molar-refractivity contribution in [1.82, 2.24) is 5.32 Å². The van der Waals surface area contributed by atoms with Gasteiger partial charge in [-0.15, -0.1) is 0 Å². The average Bonchev–Trinajstić information content (AvgIpc) is 2.99. The number of carbonyl (C=O) groups excluding carboxylic acids is 1. The zero-order valence-corrected chi connectivity index (χ0v) is 17.7. The molecule has 0 aromatic heterocycles. The summed E-state index contributed by atoms with van der Waals surface area (Å²) < 4.78 is 21.8. The molecule has 166 valence electrons. The number of methoxy groups -OCH3 is 4. The van der Waals surface area contributed by atoms with Crippen molar-refractivity contribution in [2.45, 2.75) is 18.6 Å². The Morgan fingerprint density at radius 3 is 2.29 bits per heavy atom. The van der Waals surface area contributed by atoms with Gasteiger partial charge in [-0.3, -0.25) is 9.59 Å². The molecule has 0 spiro atoms. The Morgan fingerprint density at radius 2 is 1.71 bits per heavy atom. The zero-order chi connectivity index (χ0) is 22.7. The second-order valence-electron chi connectivity index (χ2n) is 6.93. The van der Waals surface area contributed by atoms with Crippen molar-refractivity contribution < 1.29 is 34.0 Å². The molecule has 0 saturated carbocycles. The van der Waals surface area contributed by atoms with Crippen LogP contribution in [0.25, 0.3) is 11.1 Å². The molecule has 0 aliphatic heterocycles. The van der Waals surface area contributed by atoms with Crippen LogP contribution in [0.5, 0.6) is 23.0 Å². The van der Waals surface area contributed by atoms with Crippen LogP contribution in [0.2, 0.25) is 0 Å². The molecule has 9 nitrogen and oxygen atoms in total. The standard InChI is InChI=1S/C22H25NO8/c1-28-16-6-5-12-13(9-14(16)25)20(23-18(27)10-24)15(26)7-11-8-17(29-2)21(30-3)22(31-4)19(11)12/h5-6,8-9,15,20,24,26H,7,10H2,1-4H3,(H,23,27)/t15-,20-/m1/s1. The van der Waals surface area contributed by atoms with E-state index in [0.717, 1.165) is 0 Å². The fourth-order valence-electron chi connectivity index (χ4n) is 3.89. The number of aliphatic hydroxyl groups is 2. The second-order valence-corrected chi connectivity index (χ2v) is 6.93. The fraction of sp³-hybridized carbons (Fsp3) is 0.364. The summed E-state index contributed by atoms with van der Waals surface area (Å²) in [6.07, 6.45) is -0.988. The predicted molar refractivity (Wildman–Crippen MR) is 112 cm³/mol. The molecular formula is C22H25NO8. The first-order chi connectivity index (χ1) is 14.9. The summed E-state index contributed by atoms with van der Waals surface area (Å²) >= 11 is 0. The number of aliphatic hydroxyl groups excluding tert-OH is 2. The van der Waals surface area contributed by atoms with Gasteiger partial charge >= 0.3 is 0 Å². The molecule has 0 radical (unpaired) electrons. The number of fused-ring (bicyclic) bond motifs is 3. The molecule has 1 amide bonds. The van der Waals surface area contributed by atoms with Crippen LogP contribution in [-0.2, 0) is 11.2 Å². The molecule has 2 atom stereocenters. The van der Waals surface area contributed by atoms with Gasteiger partial charge < -0.3 is 34.5 Å². The minimum Gasteiger partial charge on any atom is -0.493 e. The molecular weight excluding hydrogens is 406 g/mol. The third-order valence-corrected chi connectivity index (χ3v) is 5.25. The van der Waals surface area contributed by atoms with Crippen molar-refractivity contribution in [3.8, 4) is 34.1 Å². The van der Waals surface area contributed by atoms with E-state index in [0.29, 0.717) is 39.5 Å². The first-order valence-electron chi connectivity index (χ1n) is 9.52. The van der Waals surface area contributed by atoms with E-state index < -0.39 is 30.1 Å². The molecule has 0 saturated heterocycles. The maximum atomic E-state index is 12.7. The quantitative estimate of drug-likeness (QED) is 0.614. The third kappa shape index (κ3) is 4.01. The highest BCUT2D eigenvalue weighted by atomic mass is 16.5. The summed E-state index contributed by atoms with van der Waals surface area (Å²) in [7, 11) is 5.83. The Labute approximate surface area is 179 Å². The van der Waals surface area contributed by atoms with E-state index in [1.54, 1.807) is 12.1 Å². The molecule has 31 heavy (non-hydrogen) atoms. The van der Waals surface area contributed by atoms with E-state index in [1.165, 1.54) is 40.6 Å². The van der Waals surface area contributed by atoms with Gasteiger partial charge in [-0.05, 0) is 34.9 Å². The van der Waals surface area contributed by atoms with E-state index in [4.69, 9.17) is 18.9 Å². The molecule has 2 aromatic rings. The Hall–Kier alpha value is -3.30. The zero-order valence-electron chi connectivity index (χ0n) is 17.7. The molecule has 0 unspecified atom stereocenters. The highest BCUT2D eigenvalue weighted by molar-refractivity contribution is 5.84. The number of hydrogen-bond donors (Lipinski definition) is 3. The van der Waals surface area contributed by atoms with Crippen LogP contribution >= 0.6 is 0 Å². The average molecular weight is 431 g/mol. The van der Waals surface area contributed by atoms with E-state index in [-0.39, 0.29) is 12.2 Å². The van der Waals surface area contributed by atoms with Gasteiger partial charge in [0.1, 0.15) is 6.61 Å². The normalized spacial score (nSPS) is 17.0. The molecule has 0 fully saturated rings. The van der Waals surface area contributed by atoms with Gasteiger partial charge in [-0.1, -0.05) is 6.07 Å². The Bertz CT molecular complexity index is 1050. The SMILES string of the molecule is COc1cc2c(c(OC)c1OC)-c1ccc(OC)c(=O)cc1[C@@H](NC(=O)CO)[C@H](O)C2. The van der Waals surface area contributed by atoms with Crippen LogP contribution in [0.4, 0.5) is 0 Å². The van der Waals surface area contributed by atoms with Gasteiger partial charge in [0.15, 0.2) is 17.2 Å². The van der Waals surface area contributed by atoms with Gasteiger partial charge in [0.25, 0.3) is 0 Å². The second kappa shape index (κ2) is 9.23. The van der Waals surface area contributed by atoms with Gasteiger partial charge in [0.05, 0.1) is 40.6 Å². The lowest BCUT2D eigenvalue weighted by molar-refractivity contribution is -0.125. The summed E-state index contributed by atoms with van der Waals surface area (Å²) in [5.74, 6) is 0.525. The smallest absolute Gasteiger partial charge is 0.246 e. The number of amides is 1. The van der Waals surface area contributed by atoms with E-state index in [1.807, 2.05) is 0 Å². The van der Waals surface area contributed by atoms with Crippen LogP contribution in [0.15, 0.2) is 29.1 Å². The molecule has 2 aromatic carbocycles. The maximum absolute atomic E-state index is 12.7. The highest BCUT2D eigenvalue weighted by Gasteiger charge is 2.34. The number of benzene rings is 1. The first kappa shape index (κ1) is 22.4. The minimum absolute atomic E-state index is 0.0933. The number of hydrogen-bond acceptors (Lipinski definition) is 8. The largest absolute Gasteiger partial charge is 0.493 e. The molecule has 3 rings (SSSR count). The fourth-order valence-corrected chi connectivity index (χ4v) is 3.89. The van der Waals surface area contributed by atoms with Crippen molar-refractivity contribution in [2.24, 2.45) is 0 Å². The lowest BCUT2D eigenvalue weighted by Crippen LogP contribution is -2.38. The molecule has 0 bridgehead atoms. The molecule has 1 aliphatic rings. The summed E-state index contributed by atoms with van der Waals surface area (Å²) in [5.41, 5.74) is 1.72. The first-order valence-corrected chi connectivity index (χ1v) is 9.52. The summed E-state index contributed by atoms with van der Waals surface area (Å²) in [6.45, 7) is -0.761. The van der Waals surface area contributed by atoms with Crippen molar-refractivity contribution in [3.05, 3.63) is 45.6 Å². The monoisotopic (exact) mass is 431 g/mol. The van der Waals surface area contributed by atoms with E-state index in [9.17, 15) is 19.8 Å². The summed E-state index contributed by atoms with van der Waals surface area (Å²) in [6, 6.07) is 5.25. The number of nitrogens with one attached hydrogen (secondary N) is 1. The van der Waals surface area contributed by atoms with Crippen molar-refractivity contribution in [3.63, 3.8) is 0 Å². The number of carbonyl (C=O) groups is 1. The van der Waals surface area contributed by atoms with Gasteiger partial charge in [0, 0.05) is 12.0 Å². The van der Waals surface area contributed by atoms with Crippen molar-refractivity contribution in [2.75, 3.05) is 35.0 Å². The van der Waals surface area contributed by atoms with Crippen LogP contribution in [0.1, 0.15) is 17.2 Å². The van der Waals surface area contributed by atoms with Crippen LogP contribution in [0, 0.1) is 0 Å². The molecule has 0 heterocycles. The highest BCUT2D eigenvalue weighted by Crippen LogP contribution is 2.50. The molecule has 3 N–H and O–H groups in total. The topological polar surface area (TPSA) is 124 Å². The van der Waals surface area contributed by atoms with E-state index in [2.05, 4.69) is 5.32 Å². The number of rotatable bonds is 6. The number of ether oxygens (including phenoxy) is 4. The molecule has 9 heteroatoms. The van der Waals surface area contributed by atoms with Gasteiger partial charge in [0.2, 0.25) is 17.1 Å². The minimum atomic E-state index is -1.11. The van der Waals surface area contributed by atoms with Crippen LogP contribution in [0.3, 0.4) is 0 Å². The molecule has 1 aliphatic carbocycles. The van der Waals surface area contributed by atoms with Crippen LogP contribution in [-0.4, -0.2) is 57.3 Å². The Balaban J connectivity index is 2.44. The maximum Gasteiger partial charge on any atom is 0.246 e. The Kier molecular flexibility index (Phi) is 6.67. The van der Waals surface area contributed by atoms with Gasteiger partial charge in [-0.25, -0.2) is 0 Å². The lowest BCUT2D eigenvalue weighted by Gasteiger charge is -2.23. The summed E-state index contributed by atoms with van der Waals surface area (Å²) in [5, 5.41) is 22.8. The van der Waals surface area contributed by atoms with Crippen molar-refractivity contribution >= 4 is 5.91 Å². The third-order valence-electron chi connectivity index (χ3n) is 5.25. The summed E-state index contributed by atoms with van der Waals surface area (Å²) in [4.78, 5) is 24.7. The lowest BCUT2D eigenvalue weighted by atomic mass is 9.95. The van der Waals surface area contributed by atoms with Crippen molar-refractivity contribution in [1.29, 1.82) is 0 Å². The predicted octanol–water partition coefficient (Wildman–Crippen LogP) is 0.815. The van der Waals surface area contributed by atoms with Crippen LogP contribution < -0.4 is 29.7 Å².